The fourth-order valence-corrected chi connectivity index (χ4v) is 4.02. The fraction of sp³-hybridized carbons (Fsp3) is 0.786. The molecule has 0 radical (unpaired) electrons. The van der Waals surface area contributed by atoms with Crippen molar-refractivity contribution in [3.05, 3.63) is 15.9 Å². The molecule has 19 heavy (non-hydrogen) atoms. The number of rotatable bonds is 4. The summed E-state index contributed by atoms with van der Waals surface area (Å²) in [5, 5.41) is 4.46. The second-order valence-electron chi connectivity index (χ2n) is 6.43. The molecular weight excluding hydrogens is 304 g/mol. The Bertz CT molecular complexity index is 453. The van der Waals surface area contributed by atoms with E-state index in [0.29, 0.717) is 17.4 Å². The van der Waals surface area contributed by atoms with Crippen LogP contribution < -0.4 is 11.3 Å². The van der Waals surface area contributed by atoms with Crippen LogP contribution in [0.3, 0.4) is 0 Å². The van der Waals surface area contributed by atoms with E-state index < -0.39 is 0 Å². The molecule has 0 bridgehead atoms. The van der Waals surface area contributed by atoms with E-state index in [4.69, 9.17) is 5.84 Å². The smallest absolute Gasteiger partial charge is 0.0738 e. The first-order chi connectivity index (χ1) is 8.86. The molecule has 2 unspecified atom stereocenters. The highest BCUT2D eigenvalue weighted by atomic mass is 79.9. The number of nitrogens with two attached hydrogens (primary N) is 1. The minimum atomic E-state index is 0.309. The average molecular weight is 329 g/mol. The van der Waals surface area contributed by atoms with Crippen LogP contribution in [-0.4, -0.2) is 15.8 Å². The molecule has 1 aliphatic rings. The Morgan fingerprint density at radius 3 is 2.68 bits per heavy atom. The van der Waals surface area contributed by atoms with Crippen LogP contribution >= 0.6 is 15.9 Å². The van der Waals surface area contributed by atoms with Crippen LogP contribution in [0.25, 0.3) is 0 Å². The van der Waals surface area contributed by atoms with Crippen LogP contribution in [0.4, 0.5) is 0 Å². The Kier molecular flexibility index (Phi) is 4.38. The lowest BCUT2D eigenvalue weighted by atomic mass is 9.76. The molecular formula is C14H25BrN4. The summed E-state index contributed by atoms with van der Waals surface area (Å²) in [6, 6.07) is 0.309. The van der Waals surface area contributed by atoms with E-state index in [1.807, 2.05) is 18.7 Å². The molecule has 0 aliphatic heterocycles. The normalized spacial score (nSPS) is 23.8. The standard InChI is InChI=1S/C14H25BrN4/c1-9-13(15)12(19(4)18-9)8-11(17-16)10-6-5-7-14(10,2)3/h10-11,17H,5-8,16H2,1-4H3. The Labute approximate surface area is 124 Å². The summed E-state index contributed by atoms with van der Waals surface area (Å²) < 4.78 is 3.08. The van der Waals surface area contributed by atoms with E-state index in [0.717, 1.165) is 16.6 Å². The fourth-order valence-electron chi connectivity index (χ4n) is 3.53. The lowest BCUT2D eigenvalue weighted by Gasteiger charge is -2.34. The van der Waals surface area contributed by atoms with Crippen molar-refractivity contribution in [3.63, 3.8) is 0 Å². The molecule has 3 N–H and O–H groups in total. The van der Waals surface area contributed by atoms with Gasteiger partial charge in [-0.15, -0.1) is 0 Å². The summed E-state index contributed by atoms with van der Waals surface area (Å²) in [6.45, 7) is 6.75. The number of aryl methyl sites for hydroxylation is 2. The van der Waals surface area contributed by atoms with E-state index >= 15 is 0 Å². The van der Waals surface area contributed by atoms with Gasteiger partial charge < -0.3 is 0 Å². The van der Waals surface area contributed by atoms with Crippen molar-refractivity contribution in [2.45, 2.75) is 52.5 Å². The van der Waals surface area contributed by atoms with Crippen molar-refractivity contribution in [1.29, 1.82) is 0 Å². The molecule has 0 aromatic carbocycles. The molecule has 0 saturated heterocycles. The number of halogens is 1. The highest BCUT2D eigenvalue weighted by molar-refractivity contribution is 9.10. The van der Waals surface area contributed by atoms with Gasteiger partial charge in [0.1, 0.15) is 0 Å². The summed E-state index contributed by atoms with van der Waals surface area (Å²) in [6.07, 6.45) is 4.78. The summed E-state index contributed by atoms with van der Waals surface area (Å²) in [5.74, 6) is 6.46. The predicted molar refractivity (Wildman–Crippen MR) is 81.6 cm³/mol. The van der Waals surface area contributed by atoms with Gasteiger partial charge in [0.05, 0.1) is 15.9 Å². The van der Waals surface area contributed by atoms with Crippen molar-refractivity contribution in [1.82, 2.24) is 15.2 Å². The molecule has 1 heterocycles. The topological polar surface area (TPSA) is 55.9 Å². The van der Waals surface area contributed by atoms with Gasteiger partial charge in [-0.25, -0.2) is 0 Å². The molecule has 2 rings (SSSR count). The molecule has 4 nitrogen and oxygen atoms in total. The SMILES string of the molecule is Cc1nn(C)c(CC(NN)C2CCCC2(C)C)c1Br. The van der Waals surface area contributed by atoms with Gasteiger partial charge in [-0.05, 0) is 47.0 Å². The summed E-state index contributed by atoms with van der Waals surface area (Å²) in [4.78, 5) is 0. The molecule has 2 atom stereocenters. The molecule has 108 valence electrons. The first-order valence-corrected chi connectivity index (χ1v) is 7.80. The highest BCUT2D eigenvalue weighted by Crippen LogP contribution is 2.45. The third kappa shape index (κ3) is 2.88. The van der Waals surface area contributed by atoms with Gasteiger partial charge in [0.2, 0.25) is 0 Å². The molecule has 1 aliphatic carbocycles. The third-order valence-corrected chi connectivity index (χ3v) is 5.75. The Morgan fingerprint density at radius 1 is 1.58 bits per heavy atom. The second-order valence-corrected chi connectivity index (χ2v) is 7.23. The van der Waals surface area contributed by atoms with Crippen molar-refractivity contribution in [2.75, 3.05) is 0 Å². The van der Waals surface area contributed by atoms with Gasteiger partial charge in [-0.2, -0.15) is 5.10 Å². The number of aromatic nitrogens is 2. The molecule has 1 aromatic heterocycles. The maximum atomic E-state index is 5.83. The van der Waals surface area contributed by atoms with Crippen LogP contribution in [0.15, 0.2) is 4.47 Å². The summed E-state index contributed by atoms with van der Waals surface area (Å²) in [5.41, 5.74) is 5.69. The Morgan fingerprint density at radius 2 is 2.26 bits per heavy atom. The van der Waals surface area contributed by atoms with Gasteiger partial charge in [-0.3, -0.25) is 16.0 Å². The third-order valence-electron chi connectivity index (χ3n) is 4.71. The summed E-state index contributed by atoms with van der Waals surface area (Å²) in [7, 11) is 2.00. The lowest BCUT2D eigenvalue weighted by molar-refractivity contribution is 0.194. The zero-order valence-electron chi connectivity index (χ0n) is 12.3. The van der Waals surface area contributed by atoms with E-state index in [9.17, 15) is 0 Å². The van der Waals surface area contributed by atoms with Gasteiger partial charge in [-0.1, -0.05) is 20.3 Å². The Balaban J connectivity index is 2.20. The largest absolute Gasteiger partial charge is 0.271 e. The summed E-state index contributed by atoms with van der Waals surface area (Å²) >= 11 is 3.64. The number of hydrogen-bond donors (Lipinski definition) is 2. The van der Waals surface area contributed by atoms with Crippen molar-refractivity contribution < 1.29 is 0 Å². The minimum absolute atomic E-state index is 0.309. The van der Waals surface area contributed by atoms with Crippen LogP contribution in [-0.2, 0) is 13.5 Å². The molecule has 1 fully saturated rings. The maximum Gasteiger partial charge on any atom is 0.0738 e. The molecule has 5 heteroatoms. The van der Waals surface area contributed by atoms with Crippen LogP contribution in [0.2, 0.25) is 0 Å². The van der Waals surface area contributed by atoms with Gasteiger partial charge in [0.15, 0.2) is 0 Å². The van der Waals surface area contributed by atoms with Crippen LogP contribution in [0.5, 0.6) is 0 Å². The highest BCUT2D eigenvalue weighted by Gasteiger charge is 2.39. The molecule has 0 amide bonds. The second kappa shape index (κ2) is 5.54. The predicted octanol–water partition coefficient (Wildman–Crippen LogP) is 2.69. The van der Waals surface area contributed by atoms with Crippen molar-refractivity contribution in [3.8, 4) is 0 Å². The first-order valence-electron chi connectivity index (χ1n) is 7.01. The van der Waals surface area contributed by atoms with E-state index in [2.05, 4.69) is 40.3 Å². The lowest BCUT2D eigenvalue weighted by Crippen LogP contribution is -2.46. The first kappa shape index (κ1) is 15.0. The molecule has 0 spiro atoms. The monoisotopic (exact) mass is 328 g/mol. The molecule has 1 aromatic rings. The zero-order chi connectivity index (χ0) is 14.2. The number of nitrogens with zero attached hydrogens (tertiary/aromatic N) is 2. The number of hydrazine groups is 1. The zero-order valence-corrected chi connectivity index (χ0v) is 13.9. The number of nitrogens with one attached hydrogen (secondary N) is 1. The maximum absolute atomic E-state index is 5.83. The van der Waals surface area contributed by atoms with Crippen molar-refractivity contribution in [2.24, 2.45) is 24.2 Å². The van der Waals surface area contributed by atoms with Crippen LogP contribution in [0, 0.1) is 18.3 Å². The molecule has 1 saturated carbocycles. The van der Waals surface area contributed by atoms with E-state index in [-0.39, 0.29) is 0 Å². The van der Waals surface area contributed by atoms with Gasteiger partial charge >= 0.3 is 0 Å². The minimum Gasteiger partial charge on any atom is -0.271 e. The number of hydrogen-bond acceptors (Lipinski definition) is 3. The quantitative estimate of drug-likeness (QED) is 0.660. The van der Waals surface area contributed by atoms with Crippen molar-refractivity contribution >= 4 is 15.9 Å². The van der Waals surface area contributed by atoms with Gasteiger partial charge in [0, 0.05) is 19.5 Å². The van der Waals surface area contributed by atoms with E-state index in [1.54, 1.807) is 0 Å². The van der Waals surface area contributed by atoms with E-state index in [1.165, 1.54) is 25.0 Å². The van der Waals surface area contributed by atoms with Gasteiger partial charge in [0.25, 0.3) is 0 Å². The Hall–Kier alpha value is -0.390. The average Bonchev–Trinajstić information content (AvgIpc) is 2.79. The van der Waals surface area contributed by atoms with Crippen LogP contribution in [0.1, 0.15) is 44.5 Å².